The van der Waals surface area contributed by atoms with Gasteiger partial charge in [-0.05, 0) is 36.6 Å². The molecule has 3 atom stereocenters. The van der Waals surface area contributed by atoms with Gasteiger partial charge in [-0.25, -0.2) is 4.79 Å². The highest BCUT2D eigenvalue weighted by atomic mass is 16.6. The Balaban J connectivity index is 1.38. The summed E-state index contributed by atoms with van der Waals surface area (Å²) in [6.45, 7) is 2.94. The van der Waals surface area contributed by atoms with Gasteiger partial charge >= 0.3 is 6.09 Å². The molecule has 41 heavy (non-hydrogen) atoms. The Kier molecular flexibility index (Phi) is 7.78. The predicted molar refractivity (Wildman–Crippen MR) is 148 cm³/mol. The van der Waals surface area contributed by atoms with E-state index >= 15 is 0 Å². The number of carbonyl (C=O) groups is 3. The largest absolute Gasteiger partial charge is 0.447 e. The highest BCUT2D eigenvalue weighted by Gasteiger charge is 2.53. The lowest BCUT2D eigenvalue weighted by molar-refractivity contribution is -0.385. The number of carbonyl (C=O) groups excluding carboxylic acids is 3. The lowest BCUT2D eigenvalue weighted by Crippen LogP contribution is -2.44. The summed E-state index contributed by atoms with van der Waals surface area (Å²) in [5.41, 5.74) is -0.494. The van der Waals surface area contributed by atoms with Crippen molar-refractivity contribution in [2.75, 3.05) is 36.1 Å². The second kappa shape index (κ2) is 11.3. The molecule has 3 amide bonds. The van der Waals surface area contributed by atoms with Gasteiger partial charge in [0.2, 0.25) is 5.91 Å². The van der Waals surface area contributed by atoms with Crippen molar-refractivity contribution in [1.29, 1.82) is 0 Å². The molecule has 3 aliphatic heterocycles. The van der Waals surface area contributed by atoms with Gasteiger partial charge in [0.25, 0.3) is 11.6 Å². The third kappa shape index (κ3) is 5.16. The fraction of sp³-hybridized carbons (Fsp3) is 0.414. The highest BCUT2D eigenvalue weighted by Crippen LogP contribution is 2.47. The highest BCUT2D eigenvalue weighted by molar-refractivity contribution is 6.07. The maximum Gasteiger partial charge on any atom is 0.414 e. The molecule has 0 unspecified atom stereocenters. The Morgan fingerprint density at radius 3 is 2.63 bits per heavy atom. The van der Waals surface area contributed by atoms with Gasteiger partial charge in [-0.1, -0.05) is 31.2 Å². The minimum absolute atomic E-state index is 0.0352. The topological polar surface area (TPSA) is 154 Å². The fourth-order valence-corrected chi connectivity index (χ4v) is 5.78. The van der Waals surface area contributed by atoms with E-state index in [0.717, 1.165) is 18.4 Å². The van der Waals surface area contributed by atoms with Gasteiger partial charge in [-0.15, -0.1) is 0 Å². The average Bonchev–Trinajstić information content (AvgIpc) is 3.68. The number of hydrogen-bond donors (Lipinski definition) is 2. The van der Waals surface area contributed by atoms with Gasteiger partial charge in [0.15, 0.2) is 5.60 Å². The monoisotopic (exact) mass is 564 g/mol. The normalized spacial score (nSPS) is 22.9. The fourth-order valence-electron chi connectivity index (χ4n) is 5.78. The van der Waals surface area contributed by atoms with Crippen LogP contribution in [0, 0.1) is 16.0 Å². The number of rotatable bonds is 9. The van der Waals surface area contributed by atoms with Crippen molar-refractivity contribution in [3.63, 3.8) is 0 Å². The number of cyclic esters (lactones) is 1. The molecule has 5 rings (SSSR count). The molecule has 2 aromatic rings. The summed E-state index contributed by atoms with van der Waals surface area (Å²) in [5, 5.41) is 32.9. The molecule has 3 aliphatic rings. The van der Waals surface area contributed by atoms with Gasteiger partial charge in [0.05, 0.1) is 36.3 Å². The Bertz CT molecular complexity index is 1390. The number of nitrogens with zero attached hydrogens (tertiary/aromatic N) is 4. The number of non-ortho nitro benzene ring substituents is 1. The second-order valence-corrected chi connectivity index (χ2v) is 10.5. The van der Waals surface area contributed by atoms with Gasteiger partial charge in [-0.3, -0.25) is 24.6 Å². The first-order chi connectivity index (χ1) is 19.6. The Hall–Kier alpha value is -4.29. The van der Waals surface area contributed by atoms with Crippen LogP contribution in [0.2, 0.25) is 0 Å². The number of benzene rings is 2. The molecule has 216 valence electrons. The van der Waals surface area contributed by atoms with Gasteiger partial charge in [0, 0.05) is 42.3 Å². The van der Waals surface area contributed by atoms with E-state index in [-0.39, 0.29) is 42.8 Å². The number of nitro benzene ring substituents is 1. The molecule has 0 spiro atoms. The van der Waals surface area contributed by atoms with Crippen molar-refractivity contribution in [2.45, 2.75) is 44.4 Å². The maximum atomic E-state index is 13.8. The number of nitro groups is 1. The smallest absolute Gasteiger partial charge is 0.414 e. The van der Waals surface area contributed by atoms with E-state index < -0.39 is 28.4 Å². The molecule has 0 saturated carbocycles. The van der Waals surface area contributed by atoms with E-state index in [0.29, 0.717) is 31.1 Å². The van der Waals surface area contributed by atoms with Gasteiger partial charge < -0.3 is 24.7 Å². The van der Waals surface area contributed by atoms with Crippen molar-refractivity contribution in [2.24, 2.45) is 5.92 Å². The summed E-state index contributed by atoms with van der Waals surface area (Å²) in [5.74, 6) is -1.61. The van der Waals surface area contributed by atoms with E-state index in [1.54, 1.807) is 48.2 Å². The molecule has 2 saturated heterocycles. The second-order valence-electron chi connectivity index (χ2n) is 10.5. The van der Waals surface area contributed by atoms with Crippen molar-refractivity contribution in [1.82, 2.24) is 4.90 Å². The molecule has 2 fully saturated rings. The van der Waals surface area contributed by atoms with E-state index in [2.05, 4.69) is 0 Å². The maximum absolute atomic E-state index is 13.8. The van der Waals surface area contributed by atoms with Crippen LogP contribution in [0.15, 0.2) is 54.6 Å². The van der Waals surface area contributed by atoms with Crippen LogP contribution in [-0.2, 0) is 26.5 Å². The summed E-state index contributed by atoms with van der Waals surface area (Å²) < 4.78 is 4.98. The molecule has 12 nitrogen and oxygen atoms in total. The van der Waals surface area contributed by atoms with Crippen molar-refractivity contribution in [3.05, 3.63) is 75.9 Å². The number of ether oxygens (including phenoxy) is 1. The SMILES string of the molecule is C[C@H](/C=C/CC(=O)N1CCC[C@H]1CO)[C@@]1(O)C(=O)N(Cc2ccc(N3CCOC3=O)cc2)c2ccc([N+](=O)[O-])cc21. The number of aliphatic hydroxyl groups is 2. The van der Waals surface area contributed by atoms with Crippen molar-refractivity contribution >= 4 is 35.0 Å². The zero-order chi connectivity index (χ0) is 29.3. The zero-order valence-electron chi connectivity index (χ0n) is 22.6. The number of hydrogen-bond acceptors (Lipinski definition) is 8. The van der Waals surface area contributed by atoms with Crippen LogP contribution in [0.4, 0.5) is 21.9 Å². The minimum Gasteiger partial charge on any atom is -0.447 e. The lowest BCUT2D eigenvalue weighted by Gasteiger charge is -2.28. The summed E-state index contributed by atoms with van der Waals surface area (Å²) in [6, 6.07) is 10.8. The molecule has 12 heteroatoms. The Morgan fingerprint density at radius 1 is 1.22 bits per heavy atom. The van der Waals surface area contributed by atoms with Crippen molar-refractivity contribution in [3.8, 4) is 0 Å². The van der Waals surface area contributed by atoms with Crippen LogP contribution in [0.25, 0.3) is 0 Å². The first-order valence-electron chi connectivity index (χ1n) is 13.6. The van der Waals surface area contributed by atoms with Crippen LogP contribution < -0.4 is 9.80 Å². The summed E-state index contributed by atoms with van der Waals surface area (Å²) in [7, 11) is 0. The van der Waals surface area contributed by atoms with Gasteiger partial charge in [-0.2, -0.15) is 0 Å². The summed E-state index contributed by atoms with van der Waals surface area (Å²) >= 11 is 0. The van der Waals surface area contributed by atoms with Crippen molar-refractivity contribution < 1.29 is 34.3 Å². The standard InChI is InChI=1S/C29H32N4O8/c1-19(4-2-6-26(35)30-13-3-5-23(30)18-34)29(38)24-16-22(33(39)40)11-12-25(24)32(27(29)36)17-20-7-9-21(10-8-20)31-14-15-41-28(31)37/h2,4,7-12,16,19,23,34,38H,3,5-6,13-15,17-18H2,1H3/b4-2+/t19-,23+,29+/m1/s1. The molecule has 0 aliphatic carbocycles. The Labute approximate surface area is 236 Å². The first-order valence-corrected chi connectivity index (χ1v) is 13.6. The van der Waals surface area contributed by atoms with Crippen LogP contribution >= 0.6 is 0 Å². The Morgan fingerprint density at radius 2 is 1.98 bits per heavy atom. The third-order valence-corrected chi connectivity index (χ3v) is 8.10. The summed E-state index contributed by atoms with van der Waals surface area (Å²) in [4.78, 5) is 53.9. The minimum atomic E-state index is -2.10. The van der Waals surface area contributed by atoms with E-state index in [1.165, 1.54) is 28.0 Å². The van der Waals surface area contributed by atoms with Crippen LogP contribution in [0.1, 0.15) is 37.3 Å². The van der Waals surface area contributed by atoms with Crippen LogP contribution in [-0.4, -0.2) is 70.3 Å². The summed E-state index contributed by atoms with van der Waals surface area (Å²) in [6.07, 6.45) is 4.35. The molecule has 2 N–H and O–H groups in total. The average molecular weight is 565 g/mol. The molecule has 0 bridgehead atoms. The number of fused-ring (bicyclic) bond motifs is 1. The number of amides is 3. The molecule has 3 heterocycles. The van der Waals surface area contributed by atoms with E-state index in [9.17, 15) is 34.7 Å². The van der Waals surface area contributed by atoms with E-state index in [1.807, 2.05) is 0 Å². The first kappa shape index (κ1) is 28.2. The molecule has 2 aromatic carbocycles. The van der Waals surface area contributed by atoms with Gasteiger partial charge in [0.1, 0.15) is 6.61 Å². The van der Waals surface area contributed by atoms with Crippen LogP contribution in [0.5, 0.6) is 0 Å². The van der Waals surface area contributed by atoms with Crippen LogP contribution in [0.3, 0.4) is 0 Å². The molecular weight excluding hydrogens is 532 g/mol. The lowest BCUT2D eigenvalue weighted by atomic mass is 9.82. The van der Waals surface area contributed by atoms with E-state index in [4.69, 9.17) is 4.74 Å². The number of likely N-dealkylation sites (tertiary alicyclic amines) is 1. The quantitative estimate of drug-likeness (QED) is 0.268. The zero-order valence-corrected chi connectivity index (χ0v) is 22.6. The predicted octanol–water partition coefficient (Wildman–Crippen LogP) is 2.85. The molecule has 0 radical (unpaired) electrons. The number of anilines is 2. The third-order valence-electron chi connectivity index (χ3n) is 8.10. The molecule has 0 aromatic heterocycles. The number of aliphatic hydroxyl groups excluding tert-OH is 1. The molecular formula is C29H32N4O8.